The summed E-state index contributed by atoms with van der Waals surface area (Å²) in [6.45, 7) is -0.680. The number of amides is 1. The van der Waals surface area contributed by atoms with Crippen LogP contribution in [0.4, 0.5) is 4.79 Å². The zero-order valence-electron chi connectivity index (χ0n) is 15.4. The summed E-state index contributed by atoms with van der Waals surface area (Å²) in [5.41, 5.74) is 0. The Morgan fingerprint density at radius 1 is 0.724 bits per heavy atom. The van der Waals surface area contributed by atoms with Gasteiger partial charge in [0.15, 0.2) is 24.8 Å². The lowest BCUT2D eigenvalue weighted by atomic mass is 10.3. The normalized spacial score (nSPS) is 9.93. The lowest BCUT2D eigenvalue weighted by molar-refractivity contribution is -0.146. The monoisotopic (exact) mass is 393 g/mol. The van der Waals surface area contributed by atoms with Crippen molar-refractivity contribution in [2.45, 2.75) is 0 Å². The molecule has 0 spiro atoms. The fourth-order valence-electron chi connectivity index (χ4n) is 2.25. The molecule has 0 aliphatic rings. The van der Waals surface area contributed by atoms with Crippen molar-refractivity contribution in [3.05, 3.63) is 84.9 Å². The molecule has 0 saturated heterocycles. The Morgan fingerprint density at radius 3 is 2.00 bits per heavy atom. The molecule has 3 aromatic carbocycles. The molecule has 7 nitrogen and oxygen atoms in total. The van der Waals surface area contributed by atoms with E-state index in [0.717, 1.165) is 0 Å². The highest BCUT2D eigenvalue weighted by atomic mass is 16.6. The average Bonchev–Trinajstić information content (AvgIpc) is 2.74. The van der Waals surface area contributed by atoms with Crippen LogP contribution in [0.1, 0.15) is 0 Å². The van der Waals surface area contributed by atoms with Crippen LogP contribution in [-0.4, -0.2) is 25.4 Å². The molecular formula is C22H19NO6. The van der Waals surface area contributed by atoms with Gasteiger partial charge in [-0.1, -0.05) is 48.5 Å². The van der Waals surface area contributed by atoms with Crippen molar-refractivity contribution in [3.8, 4) is 23.0 Å². The third-order valence-corrected chi connectivity index (χ3v) is 3.57. The molecule has 0 radical (unpaired) electrons. The summed E-state index contributed by atoms with van der Waals surface area (Å²) in [4.78, 5) is 23.5. The second-order valence-electron chi connectivity index (χ2n) is 5.69. The minimum atomic E-state index is -0.730. The van der Waals surface area contributed by atoms with Gasteiger partial charge < -0.3 is 18.9 Å². The first-order valence-electron chi connectivity index (χ1n) is 8.82. The molecule has 1 N–H and O–H groups in total. The summed E-state index contributed by atoms with van der Waals surface area (Å²) >= 11 is 0. The van der Waals surface area contributed by atoms with Crippen molar-refractivity contribution < 1.29 is 28.5 Å². The average molecular weight is 393 g/mol. The molecule has 0 aromatic heterocycles. The number of hydrogen-bond acceptors (Lipinski definition) is 6. The zero-order chi connectivity index (χ0) is 20.3. The fraction of sp³-hybridized carbons (Fsp3) is 0.0909. The van der Waals surface area contributed by atoms with E-state index >= 15 is 0 Å². The minimum absolute atomic E-state index is 0.337. The van der Waals surface area contributed by atoms with Crippen molar-refractivity contribution >= 4 is 12.1 Å². The van der Waals surface area contributed by atoms with Crippen molar-refractivity contribution in [3.63, 3.8) is 0 Å². The van der Waals surface area contributed by atoms with Crippen molar-refractivity contribution in [1.29, 1.82) is 0 Å². The number of ether oxygens (including phenoxy) is 4. The molecule has 3 aromatic rings. The third kappa shape index (κ3) is 6.59. The van der Waals surface area contributed by atoms with E-state index in [1.54, 1.807) is 54.6 Å². The van der Waals surface area contributed by atoms with Crippen molar-refractivity contribution in [2.75, 3.05) is 13.3 Å². The Kier molecular flexibility index (Phi) is 7.06. The molecule has 148 valence electrons. The standard InChI is InChI=1S/C22H19NO6/c24-21(27-16-23-22(25)29-18-11-5-2-6-12-18)15-26-19-13-7-8-14-20(19)28-17-9-3-1-4-10-17/h1-14H,15-16H2,(H,23,25). The van der Waals surface area contributed by atoms with Crippen LogP contribution >= 0.6 is 0 Å². The van der Waals surface area contributed by atoms with Crippen LogP contribution in [0.3, 0.4) is 0 Å². The van der Waals surface area contributed by atoms with Crippen molar-refractivity contribution in [1.82, 2.24) is 5.32 Å². The Hall–Kier alpha value is -4.00. The van der Waals surface area contributed by atoms with Gasteiger partial charge in [0.25, 0.3) is 0 Å². The van der Waals surface area contributed by atoms with Gasteiger partial charge in [-0.3, -0.25) is 5.32 Å². The molecule has 1 amide bonds. The molecule has 29 heavy (non-hydrogen) atoms. The van der Waals surface area contributed by atoms with Gasteiger partial charge in [-0.2, -0.15) is 0 Å². The van der Waals surface area contributed by atoms with E-state index in [-0.39, 0.29) is 13.3 Å². The smallest absolute Gasteiger partial charge is 0.415 e. The van der Waals surface area contributed by atoms with Crippen molar-refractivity contribution in [2.24, 2.45) is 0 Å². The maximum Gasteiger partial charge on any atom is 0.415 e. The molecule has 0 unspecified atom stereocenters. The first-order valence-corrected chi connectivity index (χ1v) is 8.82. The summed E-state index contributed by atoms with van der Waals surface area (Å²) in [7, 11) is 0. The fourth-order valence-corrected chi connectivity index (χ4v) is 2.25. The molecular weight excluding hydrogens is 374 g/mol. The second-order valence-corrected chi connectivity index (χ2v) is 5.69. The number of esters is 1. The first-order chi connectivity index (χ1) is 14.2. The van der Waals surface area contributed by atoms with Crippen LogP contribution in [0.25, 0.3) is 0 Å². The lowest BCUT2D eigenvalue weighted by Gasteiger charge is -2.12. The van der Waals surface area contributed by atoms with Gasteiger partial charge in [0.1, 0.15) is 11.5 Å². The van der Waals surface area contributed by atoms with Gasteiger partial charge in [0.2, 0.25) is 0 Å². The molecule has 0 atom stereocenters. The van der Waals surface area contributed by atoms with Gasteiger partial charge in [0, 0.05) is 0 Å². The Balaban J connectivity index is 1.42. The Bertz CT molecular complexity index is 930. The topological polar surface area (TPSA) is 83.1 Å². The molecule has 0 heterocycles. The van der Waals surface area contributed by atoms with E-state index in [1.807, 2.05) is 30.3 Å². The number of para-hydroxylation sites is 4. The summed E-state index contributed by atoms with van der Waals surface area (Å²) in [6.07, 6.45) is -0.730. The van der Waals surface area contributed by atoms with E-state index < -0.39 is 12.1 Å². The Morgan fingerprint density at radius 2 is 1.31 bits per heavy atom. The predicted molar refractivity (Wildman–Crippen MR) is 105 cm³/mol. The molecule has 0 aliphatic carbocycles. The number of carbonyl (C=O) groups excluding carboxylic acids is 2. The zero-order valence-corrected chi connectivity index (χ0v) is 15.4. The van der Waals surface area contributed by atoms with Gasteiger partial charge in [-0.15, -0.1) is 0 Å². The van der Waals surface area contributed by atoms with Crippen LogP contribution in [0, 0.1) is 0 Å². The van der Waals surface area contributed by atoms with E-state index in [1.165, 1.54) is 0 Å². The summed E-state index contributed by atoms with van der Waals surface area (Å²) in [5.74, 6) is 1.24. The largest absolute Gasteiger partial charge is 0.478 e. The summed E-state index contributed by atoms with van der Waals surface area (Å²) < 4.78 is 21.2. The maximum atomic E-state index is 11.8. The molecule has 0 saturated carbocycles. The molecule has 7 heteroatoms. The number of benzene rings is 3. The SMILES string of the molecule is O=C(COc1ccccc1Oc1ccccc1)OCNC(=O)Oc1ccccc1. The first kappa shape index (κ1) is 19.8. The molecule has 0 aliphatic heterocycles. The second kappa shape index (κ2) is 10.4. The minimum Gasteiger partial charge on any atom is -0.478 e. The maximum absolute atomic E-state index is 11.8. The molecule has 0 bridgehead atoms. The molecule has 0 fully saturated rings. The number of hydrogen-bond donors (Lipinski definition) is 1. The van der Waals surface area contributed by atoms with Gasteiger partial charge in [-0.25, -0.2) is 9.59 Å². The van der Waals surface area contributed by atoms with Crippen LogP contribution in [-0.2, 0) is 9.53 Å². The quantitative estimate of drug-likeness (QED) is 0.457. The van der Waals surface area contributed by atoms with Gasteiger partial charge >= 0.3 is 12.1 Å². The third-order valence-electron chi connectivity index (χ3n) is 3.57. The van der Waals surface area contributed by atoms with Gasteiger partial charge in [0.05, 0.1) is 0 Å². The highest BCUT2D eigenvalue weighted by Gasteiger charge is 2.10. The van der Waals surface area contributed by atoms with Crippen LogP contribution in [0.5, 0.6) is 23.0 Å². The van der Waals surface area contributed by atoms with E-state index in [2.05, 4.69) is 5.32 Å². The summed E-state index contributed by atoms with van der Waals surface area (Å²) in [6, 6.07) is 24.7. The predicted octanol–water partition coefficient (Wildman–Crippen LogP) is 4.15. The molecule has 3 rings (SSSR count). The summed E-state index contributed by atoms with van der Waals surface area (Å²) in [5, 5.41) is 2.32. The van der Waals surface area contributed by atoms with Crippen LogP contribution < -0.4 is 19.5 Å². The highest BCUT2D eigenvalue weighted by molar-refractivity contribution is 5.73. The number of rotatable bonds is 8. The van der Waals surface area contributed by atoms with E-state index in [0.29, 0.717) is 23.0 Å². The van der Waals surface area contributed by atoms with Crippen LogP contribution in [0.15, 0.2) is 84.9 Å². The number of nitrogens with one attached hydrogen (secondary N) is 1. The van der Waals surface area contributed by atoms with Gasteiger partial charge in [-0.05, 0) is 36.4 Å². The number of carbonyl (C=O) groups is 2. The van der Waals surface area contributed by atoms with E-state index in [9.17, 15) is 9.59 Å². The van der Waals surface area contributed by atoms with E-state index in [4.69, 9.17) is 18.9 Å². The van der Waals surface area contributed by atoms with Crippen LogP contribution in [0.2, 0.25) is 0 Å². The lowest BCUT2D eigenvalue weighted by Crippen LogP contribution is -2.31. The highest BCUT2D eigenvalue weighted by Crippen LogP contribution is 2.30. The Labute approximate surface area is 167 Å².